The molecule has 2 amide bonds. The second-order valence-electron chi connectivity index (χ2n) is 6.61. The molecule has 0 saturated carbocycles. The van der Waals surface area contributed by atoms with Crippen LogP contribution in [0.25, 0.3) is 6.08 Å². The number of anilines is 1. The molecule has 1 unspecified atom stereocenters. The lowest BCUT2D eigenvalue weighted by molar-refractivity contribution is -0.115. The van der Waals surface area contributed by atoms with Crippen molar-refractivity contribution in [1.29, 1.82) is 0 Å². The van der Waals surface area contributed by atoms with Crippen molar-refractivity contribution in [2.45, 2.75) is 12.5 Å². The molecule has 2 saturated heterocycles. The summed E-state index contributed by atoms with van der Waals surface area (Å²) in [5.74, 6) is 0.838. The fourth-order valence-corrected chi connectivity index (χ4v) is 4.06. The summed E-state index contributed by atoms with van der Waals surface area (Å²) in [5, 5.41) is 8.63. The van der Waals surface area contributed by atoms with Crippen molar-refractivity contribution in [1.82, 2.24) is 16.0 Å². The van der Waals surface area contributed by atoms with E-state index in [4.69, 9.17) is 9.47 Å². The van der Waals surface area contributed by atoms with Crippen LogP contribution in [0.5, 0.6) is 11.5 Å². The number of benzene rings is 1. The first-order chi connectivity index (χ1) is 13.5. The van der Waals surface area contributed by atoms with Crippen molar-refractivity contribution in [3.8, 4) is 11.5 Å². The second kappa shape index (κ2) is 10.7. The molecule has 1 aromatic rings. The predicted octanol–water partition coefficient (Wildman–Crippen LogP) is 1.84. The highest BCUT2D eigenvalue weighted by atomic mass is 35.5. The minimum absolute atomic E-state index is 0. The number of amides is 2. The Morgan fingerprint density at radius 2 is 1.97 bits per heavy atom. The lowest BCUT2D eigenvalue weighted by Crippen LogP contribution is -2.36. The normalized spacial score (nSPS) is 20.0. The van der Waals surface area contributed by atoms with E-state index in [2.05, 4.69) is 20.9 Å². The summed E-state index contributed by atoms with van der Waals surface area (Å²) in [4.78, 5) is 26.1. The lowest BCUT2D eigenvalue weighted by atomic mass is 10.1. The number of hydrogen-bond acceptors (Lipinski definition) is 8. The van der Waals surface area contributed by atoms with Gasteiger partial charge >= 0.3 is 0 Å². The van der Waals surface area contributed by atoms with Gasteiger partial charge < -0.3 is 25.0 Å². The Morgan fingerprint density at radius 3 is 2.59 bits per heavy atom. The van der Waals surface area contributed by atoms with Crippen LogP contribution in [-0.4, -0.2) is 64.6 Å². The summed E-state index contributed by atoms with van der Waals surface area (Å²) in [5.41, 5.74) is 1.77. The third-order valence-corrected chi connectivity index (χ3v) is 5.61. The Kier molecular flexibility index (Phi) is 8.63. The molecule has 2 fully saturated rings. The predicted molar refractivity (Wildman–Crippen MR) is 118 cm³/mol. The Balaban J connectivity index is 0.00000300. The summed E-state index contributed by atoms with van der Waals surface area (Å²) in [6.07, 6.45) is 2.77. The molecule has 8 nitrogen and oxygen atoms in total. The first-order valence-electron chi connectivity index (χ1n) is 9.19. The Labute approximate surface area is 181 Å². The molecule has 1 atom stereocenters. The van der Waals surface area contributed by atoms with Crippen molar-refractivity contribution in [3.05, 3.63) is 22.6 Å². The molecule has 2 aliphatic heterocycles. The van der Waals surface area contributed by atoms with Gasteiger partial charge in [0.2, 0.25) is 0 Å². The fourth-order valence-electron chi connectivity index (χ4n) is 3.38. The number of ether oxygens (including phenoxy) is 2. The molecular formula is C19H27ClN4O4S. The number of halogens is 1. The number of methoxy groups -OCH3 is 2. The topological polar surface area (TPSA) is 91.9 Å². The summed E-state index contributed by atoms with van der Waals surface area (Å²) in [7, 11) is 5.12. The molecular weight excluding hydrogens is 416 g/mol. The largest absolute Gasteiger partial charge is 0.493 e. The van der Waals surface area contributed by atoms with Crippen LogP contribution in [0.2, 0.25) is 0 Å². The maximum absolute atomic E-state index is 12.0. The number of likely N-dealkylation sites (N-methyl/N-ethyl adjacent to an activating group) is 1. The van der Waals surface area contributed by atoms with Crippen molar-refractivity contribution < 1.29 is 19.1 Å². The minimum atomic E-state index is -0.372. The molecule has 1 aromatic carbocycles. The molecule has 160 valence electrons. The average molecular weight is 443 g/mol. The number of thioether (sulfide) groups is 1. The lowest BCUT2D eigenvalue weighted by Gasteiger charge is -2.23. The smallest absolute Gasteiger partial charge is 0.290 e. The van der Waals surface area contributed by atoms with Crippen LogP contribution in [0.1, 0.15) is 12.0 Å². The molecule has 0 radical (unpaired) electrons. The number of nitrogens with one attached hydrogen (secondary N) is 3. The SMILES string of the molecule is CNCCNC1CCN(c2cc(OC)c(OC)cc2C=C2SC(=O)NC2=O)C1.Cl. The average Bonchev–Trinajstić information content (AvgIpc) is 3.27. The van der Waals surface area contributed by atoms with Crippen LogP contribution in [0.15, 0.2) is 17.0 Å². The standard InChI is InChI=1S/C19H26N4O4S.ClH/c1-20-5-6-21-13-4-7-23(11-13)14-10-16(27-3)15(26-2)8-12(14)9-17-18(24)22-19(25)28-17;/h8-10,13,20-21H,4-7,11H2,1-3H3,(H,22,24,25);1H. The molecule has 29 heavy (non-hydrogen) atoms. The molecule has 3 rings (SSSR count). The molecule has 10 heteroatoms. The molecule has 2 heterocycles. The highest BCUT2D eigenvalue weighted by Gasteiger charge is 2.28. The van der Waals surface area contributed by atoms with Gasteiger partial charge in [-0.1, -0.05) is 0 Å². The van der Waals surface area contributed by atoms with Crippen molar-refractivity contribution in [2.75, 3.05) is 52.3 Å². The van der Waals surface area contributed by atoms with Gasteiger partial charge in [0, 0.05) is 49.5 Å². The van der Waals surface area contributed by atoms with E-state index in [9.17, 15) is 9.59 Å². The number of rotatable bonds is 8. The minimum Gasteiger partial charge on any atom is -0.493 e. The zero-order valence-electron chi connectivity index (χ0n) is 16.7. The summed E-state index contributed by atoms with van der Waals surface area (Å²) in [6, 6.07) is 4.17. The van der Waals surface area contributed by atoms with Gasteiger partial charge in [-0.2, -0.15) is 0 Å². The Morgan fingerprint density at radius 1 is 1.24 bits per heavy atom. The summed E-state index contributed by atoms with van der Waals surface area (Å²) in [6.45, 7) is 3.58. The van der Waals surface area contributed by atoms with Crippen LogP contribution in [0, 0.1) is 0 Å². The van der Waals surface area contributed by atoms with Gasteiger partial charge in [0.05, 0.1) is 19.1 Å². The summed E-state index contributed by atoms with van der Waals surface area (Å²) < 4.78 is 10.9. The number of imide groups is 1. The van der Waals surface area contributed by atoms with Gasteiger partial charge in [0.1, 0.15) is 0 Å². The van der Waals surface area contributed by atoms with Gasteiger partial charge in [-0.15, -0.1) is 12.4 Å². The highest BCUT2D eigenvalue weighted by Crippen LogP contribution is 2.39. The summed E-state index contributed by atoms with van der Waals surface area (Å²) >= 11 is 0.909. The zero-order chi connectivity index (χ0) is 20.1. The van der Waals surface area contributed by atoms with E-state index in [0.29, 0.717) is 22.4 Å². The highest BCUT2D eigenvalue weighted by molar-refractivity contribution is 8.18. The van der Waals surface area contributed by atoms with Gasteiger partial charge in [0.25, 0.3) is 11.1 Å². The third kappa shape index (κ3) is 5.57. The van der Waals surface area contributed by atoms with E-state index < -0.39 is 0 Å². The van der Waals surface area contributed by atoms with E-state index in [1.165, 1.54) is 0 Å². The van der Waals surface area contributed by atoms with Crippen molar-refractivity contribution in [2.24, 2.45) is 0 Å². The van der Waals surface area contributed by atoms with Gasteiger partial charge in [0.15, 0.2) is 11.5 Å². The Bertz CT molecular complexity index is 790. The van der Waals surface area contributed by atoms with Crippen molar-refractivity contribution >= 4 is 47.1 Å². The fraction of sp³-hybridized carbons (Fsp3) is 0.474. The van der Waals surface area contributed by atoms with E-state index >= 15 is 0 Å². The first-order valence-corrected chi connectivity index (χ1v) is 10.0. The number of carbonyl (C=O) groups is 2. The molecule has 2 aliphatic rings. The van der Waals surface area contributed by atoms with Crippen LogP contribution < -0.4 is 30.3 Å². The van der Waals surface area contributed by atoms with Crippen LogP contribution in [0.4, 0.5) is 10.5 Å². The molecule has 0 bridgehead atoms. The van der Waals surface area contributed by atoms with E-state index in [-0.39, 0.29) is 23.6 Å². The molecule has 3 N–H and O–H groups in total. The molecule has 0 spiro atoms. The van der Waals surface area contributed by atoms with Gasteiger partial charge in [-0.05, 0) is 37.4 Å². The maximum Gasteiger partial charge on any atom is 0.290 e. The zero-order valence-corrected chi connectivity index (χ0v) is 18.4. The van der Waals surface area contributed by atoms with E-state index in [1.54, 1.807) is 20.3 Å². The number of nitrogens with zero attached hydrogens (tertiary/aromatic N) is 1. The first kappa shape index (κ1) is 23.3. The second-order valence-corrected chi connectivity index (χ2v) is 7.62. The third-order valence-electron chi connectivity index (χ3n) is 4.80. The quantitative estimate of drug-likeness (QED) is 0.415. The van der Waals surface area contributed by atoms with E-state index in [1.807, 2.05) is 19.2 Å². The van der Waals surface area contributed by atoms with Gasteiger partial charge in [-0.3, -0.25) is 14.9 Å². The van der Waals surface area contributed by atoms with Crippen LogP contribution >= 0.6 is 24.2 Å². The van der Waals surface area contributed by atoms with E-state index in [0.717, 1.165) is 55.6 Å². The Hall–Kier alpha value is -1.94. The van der Waals surface area contributed by atoms with Crippen molar-refractivity contribution in [3.63, 3.8) is 0 Å². The van der Waals surface area contributed by atoms with Gasteiger partial charge in [-0.25, -0.2) is 0 Å². The van der Waals surface area contributed by atoms with Crippen LogP contribution in [0.3, 0.4) is 0 Å². The number of carbonyl (C=O) groups excluding carboxylic acids is 2. The molecule has 0 aliphatic carbocycles. The maximum atomic E-state index is 12.0. The monoisotopic (exact) mass is 442 g/mol. The van der Waals surface area contributed by atoms with Crippen LogP contribution in [-0.2, 0) is 4.79 Å². The molecule has 0 aromatic heterocycles. The number of hydrogen-bond donors (Lipinski definition) is 3.